The number of rotatable bonds is 5. The molecule has 1 amide bonds. The van der Waals surface area contributed by atoms with Gasteiger partial charge in [-0.25, -0.2) is 4.98 Å². The number of carbonyl (C=O) groups is 1. The van der Waals surface area contributed by atoms with Gasteiger partial charge in [-0.15, -0.1) is 0 Å². The predicted molar refractivity (Wildman–Crippen MR) is 114 cm³/mol. The lowest BCUT2D eigenvalue weighted by atomic mass is 9.89. The van der Waals surface area contributed by atoms with Crippen LogP contribution >= 0.6 is 0 Å². The SMILES string of the molecule is CC(C(=O)N1CCNCC1c1nccn1C)N1CCC(Cc2ccccc2)CC1. The number of piperidine rings is 1. The van der Waals surface area contributed by atoms with Crippen LogP contribution in [0.25, 0.3) is 0 Å². The lowest BCUT2D eigenvalue weighted by Crippen LogP contribution is -2.55. The summed E-state index contributed by atoms with van der Waals surface area (Å²) in [5.41, 5.74) is 1.42. The van der Waals surface area contributed by atoms with E-state index in [1.54, 1.807) is 0 Å². The maximum absolute atomic E-state index is 13.4. The zero-order valence-electron chi connectivity index (χ0n) is 17.6. The topological polar surface area (TPSA) is 53.4 Å². The quantitative estimate of drug-likeness (QED) is 0.844. The second-order valence-corrected chi connectivity index (χ2v) is 8.49. The van der Waals surface area contributed by atoms with E-state index in [9.17, 15) is 4.79 Å². The Morgan fingerprint density at radius 2 is 1.97 bits per heavy atom. The maximum Gasteiger partial charge on any atom is 0.240 e. The molecule has 0 spiro atoms. The first-order chi connectivity index (χ1) is 14.1. The van der Waals surface area contributed by atoms with Crippen molar-refractivity contribution in [3.63, 3.8) is 0 Å². The summed E-state index contributed by atoms with van der Waals surface area (Å²) in [7, 11) is 2.00. The van der Waals surface area contributed by atoms with Crippen LogP contribution in [0.1, 0.15) is 37.2 Å². The predicted octanol–water partition coefficient (Wildman–Crippen LogP) is 2.24. The molecule has 0 saturated carbocycles. The molecule has 2 aliphatic heterocycles. The minimum absolute atomic E-state index is 0.00863. The maximum atomic E-state index is 13.4. The highest BCUT2D eigenvalue weighted by atomic mass is 16.2. The second-order valence-electron chi connectivity index (χ2n) is 8.49. The summed E-state index contributed by atoms with van der Waals surface area (Å²) in [6.07, 6.45) is 7.24. The molecule has 2 fully saturated rings. The molecule has 6 heteroatoms. The summed E-state index contributed by atoms with van der Waals surface area (Å²) in [4.78, 5) is 22.3. The van der Waals surface area contributed by atoms with Crippen LogP contribution in [0.4, 0.5) is 0 Å². The van der Waals surface area contributed by atoms with Crippen molar-refractivity contribution in [2.45, 2.75) is 38.3 Å². The van der Waals surface area contributed by atoms with Gasteiger partial charge in [0.25, 0.3) is 0 Å². The number of hydrogen-bond donors (Lipinski definition) is 1. The number of aromatic nitrogens is 2. The first kappa shape index (κ1) is 20.1. The van der Waals surface area contributed by atoms with Gasteiger partial charge < -0.3 is 14.8 Å². The molecular formula is C23H33N5O. The molecule has 2 unspecified atom stereocenters. The van der Waals surface area contributed by atoms with E-state index in [4.69, 9.17) is 0 Å². The van der Waals surface area contributed by atoms with Gasteiger partial charge in [-0.2, -0.15) is 0 Å². The van der Waals surface area contributed by atoms with E-state index < -0.39 is 0 Å². The summed E-state index contributed by atoms with van der Waals surface area (Å²) in [5, 5.41) is 3.42. The molecule has 1 aromatic carbocycles. The number of hydrogen-bond acceptors (Lipinski definition) is 4. The van der Waals surface area contributed by atoms with E-state index in [2.05, 4.69) is 52.5 Å². The Labute approximate surface area is 173 Å². The monoisotopic (exact) mass is 395 g/mol. The molecule has 1 N–H and O–H groups in total. The van der Waals surface area contributed by atoms with Crippen LogP contribution in [0.5, 0.6) is 0 Å². The largest absolute Gasteiger partial charge is 0.336 e. The van der Waals surface area contributed by atoms with E-state index in [0.717, 1.165) is 63.7 Å². The molecule has 2 aliphatic rings. The van der Waals surface area contributed by atoms with Crippen molar-refractivity contribution in [2.24, 2.45) is 13.0 Å². The summed E-state index contributed by atoms with van der Waals surface area (Å²) in [5.74, 6) is 1.91. The number of piperazine rings is 1. The Balaban J connectivity index is 1.36. The van der Waals surface area contributed by atoms with Crippen LogP contribution in [0.15, 0.2) is 42.7 Å². The van der Waals surface area contributed by atoms with E-state index in [1.807, 2.05) is 28.9 Å². The molecule has 0 bridgehead atoms. The Morgan fingerprint density at radius 3 is 2.66 bits per heavy atom. The zero-order chi connectivity index (χ0) is 20.2. The van der Waals surface area contributed by atoms with Crippen molar-refractivity contribution in [1.29, 1.82) is 0 Å². The van der Waals surface area contributed by atoms with Crippen molar-refractivity contribution < 1.29 is 4.79 Å². The summed E-state index contributed by atoms with van der Waals surface area (Å²) < 4.78 is 2.03. The van der Waals surface area contributed by atoms with Gasteiger partial charge in [0.15, 0.2) is 0 Å². The Kier molecular flexibility index (Phi) is 6.31. The highest BCUT2D eigenvalue weighted by Crippen LogP contribution is 2.26. The highest BCUT2D eigenvalue weighted by Gasteiger charge is 2.35. The third-order valence-corrected chi connectivity index (χ3v) is 6.60. The Hall–Kier alpha value is -2.18. The number of carbonyl (C=O) groups excluding carboxylic acids is 1. The first-order valence-corrected chi connectivity index (χ1v) is 10.9. The first-order valence-electron chi connectivity index (χ1n) is 10.9. The molecule has 3 heterocycles. The smallest absolute Gasteiger partial charge is 0.240 e. The molecule has 156 valence electrons. The third-order valence-electron chi connectivity index (χ3n) is 6.60. The fourth-order valence-corrected chi connectivity index (χ4v) is 4.78. The molecule has 29 heavy (non-hydrogen) atoms. The second kappa shape index (κ2) is 9.09. The minimum atomic E-state index is -0.0754. The Bertz CT molecular complexity index is 797. The fourth-order valence-electron chi connectivity index (χ4n) is 4.78. The number of nitrogens with zero attached hydrogens (tertiary/aromatic N) is 4. The normalized spacial score (nSPS) is 22.6. The number of benzene rings is 1. The van der Waals surface area contributed by atoms with Crippen LogP contribution in [0.3, 0.4) is 0 Å². The average molecular weight is 396 g/mol. The van der Waals surface area contributed by atoms with Gasteiger partial charge in [0.05, 0.1) is 6.04 Å². The summed E-state index contributed by atoms with van der Waals surface area (Å²) in [6, 6.07) is 10.7. The van der Waals surface area contributed by atoms with Gasteiger partial charge in [-0.05, 0) is 50.8 Å². The van der Waals surface area contributed by atoms with Crippen molar-refractivity contribution in [1.82, 2.24) is 24.7 Å². The van der Waals surface area contributed by atoms with Crippen LogP contribution < -0.4 is 5.32 Å². The number of nitrogens with one attached hydrogen (secondary N) is 1. The molecule has 0 aliphatic carbocycles. The van der Waals surface area contributed by atoms with Crippen LogP contribution in [0, 0.1) is 5.92 Å². The summed E-state index contributed by atoms with van der Waals surface area (Å²) >= 11 is 0. The van der Waals surface area contributed by atoms with E-state index in [0.29, 0.717) is 0 Å². The van der Waals surface area contributed by atoms with E-state index in [1.165, 1.54) is 5.56 Å². The highest BCUT2D eigenvalue weighted by molar-refractivity contribution is 5.82. The van der Waals surface area contributed by atoms with Gasteiger partial charge >= 0.3 is 0 Å². The molecule has 2 atom stereocenters. The van der Waals surface area contributed by atoms with Crippen LogP contribution in [-0.4, -0.2) is 64.0 Å². The van der Waals surface area contributed by atoms with E-state index in [-0.39, 0.29) is 18.0 Å². The van der Waals surface area contributed by atoms with Gasteiger partial charge in [0.1, 0.15) is 11.9 Å². The summed E-state index contributed by atoms with van der Waals surface area (Å²) in [6.45, 7) is 6.44. The van der Waals surface area contributed by atoms with Crippen molar-refractivity contribution in [2.75, 3.05) is 32.7 Å². The third kappa shape index (κ3) is 4.54. The number of imidazole rings is 1. The van der Waals surface area contributed by atoms with Crippen LogP contribution in [-0.2, 0) is 18.3 Å². The molecular weight excluding hydrogens is 362 g/mol. The number of amides is 1. The van der Waals surface area contributed by atoms with E-state index >= 15 is 0 Å². The van der Waals surface area contributed by atoms with Crippen molar-refractivity contribution in [3.8, 4) is 0 Å². The van der Waals surface area contributed by atoms with Gasteiger partial charge in [0.2, 0.25) is 5.91 Å². The fraction of sp³-hybridized carbons (Fsp3) is 0.565. The standard InChI is InChI=1S/C23H33N5O/c1-18(27-12-8-20(9-13-27)16-19-6-4-3-5-7-19)23(29)28-15-10-24-17-21(28)22-25-11-14-26(22)2/h3-7,11,14,18,20-21,24H,8-10,12-13,15-17H2,1-2H3. The average Bonchev–Trinajstić information content (AvgIpc) is 3.20. The molecule has 0 radical (unpaired) electrons. The number of aryl methyl sites for hydroxylation is 1. The molecule has 2 aromatic rings. The van der Waals surface area contributed by atoms with Gasteiger partial charge in [0, 0.05) is 39.1 Å². The van der Waals surface area contributed by atoms with Gasteiger partial charge in [-0.3, -0.25) is 9.69 Å². The molecule has 1 aromatic heterocycles. The lowest BCUT2D eigenvalue weighted by Gasteiger charge is -2.41. The zero-order valence-corrected chi connectivity index (χ0v) is 17.6. The van der Waals surface area contributed by atoms with Crippen molar-refractivity contribution >= 4 is 5.91 Å². The number of likely N-dealkylation sites (tertiary alicyclic amines) is 1. The minimum Gasteiger partial charge on any atom is -0.336 e. The van der Waals surface area contributed by atoms with Crippen LogP contribution in [0.2, 0.25) is 0 Å². The van der Waals surface area contributed by atoms with Crippen molar-refractivity contribution in [3.05, 3.63) is 54.1 Å². The van der Waals surface area contributed by atoms with Gasteiger partial charge in [-0.1, -0.05) is 30.3 Å². The Morgan fingerprint density at radius 1 is 1.21 bits per heavy atom. The molecule has 4 rings (SSSR count). The molecule has 6 nitrogen and oxygen atoms in total. The molecule has 2 saturated heterocycles. The lowest BCUT2D eigenvalue weighted by molar-refractivity contribution is -0.140.